The molecule has 1 N–H and O–H groups in total. The molecular formula is C20H23NO5. The lowest BCUT2D eigenvalue weighted by molar-refractivity contribution is -0.154. The quantitative estimate of drug-likeness (QED) is 0.734. The van der Waals surface area contributed by atoms with Crippen molar-refractivity contribution in [2.24, 2.45) is 0 Å². The van der Waals surface area contributed by atoms with Gasteiger partial charge in [-0.25, -0.2) is 4.79 Å². The Balaban J connectivity index is 1.89. The summed E-state index contributed by atoms with van der Waals surface area (Å²) in [6.45, 7) is 3.32. The van der Waals surface area contributed by atoms with Gasteiger partial charge in [0.05, 0.1) is 12.8 Å². The Morgan fingerprint density at radius 1 is 1.12 bits per heavy atom. The topological polar surface area (TPSA) is 73.9 Å². The summed E-state index contributed by atoms with van der Waals surface area (Å²) in [5, 5.41) is 2.68. The van der Waals surface area contributed by atoms with Gasteiger partial charge in [0.15, 0.2) is 12.7 Å². The number of esters is 1. The summed E-state index contributed by atoms with van der Waals surface area (Å²) in [6.07, 6.45) is -0.333. The van der Waals surface area contributed by atoms with Gasteiger partial charge in [-0.05, 0) is 43.2 Å². The third-order valence-electron chi connectivity index (χ3n) is 3.63. The van der Waals surface area contributed by atoms with Gasteiger partial charge in [0, 0.05) is 0 Å². The third kappa shape index (κ3) is 5.51. The molecule has 0 saturated heterocycles. The van der Waals surface area contributed by atoms with Crippen molar-refractivity contribution in [1.82, 2.24) is 0 Å². The first-order valence-corrected chi connectivity index (χ1v) is 8.36. The van der Waals surface area contributed by atoms with Gasteiger partial charge < -0.3 is 19.5 Å². The molecule has 0 spiro atoms. The van der Waals surface area contributed by atoms with Crippen LogP contribution in [0.5, 0.6) is 11.5 Å². The van der Waals surface area contributed by atoms with Gasteiger partial charge in [0.25, 0.3) is 5.91 Å². The summed E-state index contributed by atoms with van der Waals surface area (Å²) < 4.78 is 15.9. The van der Waals surface area contributed by atoms with E-state index in [9.17, 15) is 9.59 Å². The first kappa shape index (κ1) is 19.3. The highest BCUT2D eigenvalue weighted by molar-refractivity contribution is 5.94. The Morgan fingerprint density at radius 3 is 2.50 bits per heavy atom. The van der Waals surface area contributed by atoms with E-state index in [4.69, 9.17) is 14.2 Å². The fraction of sp³-hybridized carbons (Fsp3) is 0.300. The van der Waals surface area contributed by atoms with Crippen LogP contribution in [-0.2, 0) is 14.3 Å². The number of nitrogens with one attached hydrogen (secondary N) is 1. The van der Waals surface area contributed by atoms with Gasteiger partial charge in [-0.1, -0.05) is 31.2 Å². The summed E-state index contributed by atoms with van der Waals surface area (Å²) in [5.74, 6) is 0.0823. The van der Waals surface area contributed by atoms with E-state index in [1.165, 1.54) is 7.11 Å². The molecular weight excluding hydrogens is 334 g/mol. The zero-order valence-corrected chi connectivity index (χ0v) is 15.2. The Morgan fingerprint density at radius 2 is 1.85 bits per heavy atom. The summed E-state index contributed by atoms with van der Waals surface area (Å²) in [6, 6.07) is 14.4. The molecule has 0 aromatic heterocycles. The van der Waals surface area contributed by atoms with E-state index in [1.807, 2.05) is 38.1 Å². The number of aryl methyl sites for hydroxylation is 1. The molecule has 0 heterocycles. The van der Waals surface area contributed by atoms with Crippen molar-refractivity contribution in [1.29, 1.82) is 0 Å². The van der Waals surface area contributed by atoms with Crippen LogP contribution in [-0.4, -0.2) is 31.7 Å². The van der Waals surface area contributed by atoms with E-state index in [-0.39, 0.29) is 0 Å². The van der Waals surface area contributed by atoms with Crippen molar-refractivity contribution >= 4 is 17.6 Å². The van der Waals surface area contributed by atoms with Gasteiger partial charge in [-0.2, -0.15) is 0 Å². The smallest absolute Gasteiger partial charge is 0.347 e. The minimum atomic E-state index is -0.765. The minimum absolute atomic E-state index is 0.398. The van der Waals surface area contributed by atoms with Crippen LogP contribution in [0.1, 0.15) is 18.9 Å². The number of rotatable bonds is 8. The number of carbonyl (C=O) groups excluding carboxylic acids is 2. The van der Waals surface area contributed by atoms with E-state index in [0.29, 0.717) is 23.6 Å². The van der Waals surface area contributed by atoms with Crippen LogP contribution < -0.4 is 14.8 Å². The molecule has 138 valence electrons. The predicted molar refractivity (Wildman–Crippen MR) is 98.5 cm³/mol. The van der Waals surface area contributed by atoms with Crippen LogP contribution in [0.2, 0.25) is 0 Å². The molecule has 1 atom stereocenters. The molecule has 0 unspecified atom stereocenters. The van der Waals surface area contributed by atoms with E-state index in [0.717, 1.165) is 5.56 Å². The van der Waals surface area contributed by atoms with Crippen molar-refractivity contribution in [3.05, 3.63) is 54.1 Å². The molecule has 6 heteroatoms. The van der Waals surface area contributed by atoms with Crippen molar-refractivity contribution in [3.63, 3.8) is 0 Å². The SMILES string of the molecule is CC[C@@H](Oc1ccccc1)C(=O)OCC(=O)Nc1cc(C)ccc1OC. The van der Waals surface area contributed by atoms with Crippen LogP contribution in [0.3, 0.4) is 0 Å². The number of para-hydroxylation sites is 1. The number of anilines is 1. The molecule has 0 bridgehead atoms. The Bertz CT molecular complexity index is 745. The standard InChI is InChI=1S/C20H23NO5/c1-4-17(26-15-8-6-5-7-9-15)20(23)25-13-19(22)21-16-12-14(2)10-11-18(16)24-3/h5-12,17H,4,13H2,1-3H3,(H,21,22)/t17-/m1/s1. The summed E-state index contributed by atoms with van der Waals surface area (Å²) in [4.78, 5) is 24.2. The molecule has 2 aromatic rings. The van der Waals surface area contributed by atoms with Crippen molar-refractivity contribution in [3.8, 4) is 11.5 Å². The molecule has 1 amide bonds. The van der Waals surface area contributed by atoms with E-state index < -0.39 is 24.6 Å². The molecule has 2 rings (SSSR count). The van der Waals surface area contributed by atoms with E-state index in [1.54, 1.807) is 24.3 Å². The summed E-state index contributed by atoms with van der Waals surface area (Å²) >= 11 is 0. The number of amides is 1. The number of benzene rings is 2. The number of hydrogen-bond donors (Lipinski definition) is 1. The van der Waals surface area contributed by atoms with Gasteiger partial charge in [-0.3, -0.25) is 4.79 Å². The lowest BCUT2D eigenvalue weighted by Crippen LogP contribution is -2.31. The average molecular weight is 357 g/mol. The monoisotopic (exact) mass is 357 g/mol. The van der Waals surface area contributed by atoms with Crippen molar-refractivity contribution in [2.45, 2.75) is 26.4 Å². The van der Waals surface area contributed by atoms with Crippen LogP contribution in [0, 0.1) is 6.92 Å². The third-order valence-corrected chi connectivity index (χ3v) is 3.63. The molecule has 26 heavy (non-hydrogen) atoms. The second kappa shape index (κ2) is 9.46. The predicted octanol–water partition coefficient (Wildman–Crippen LogP) is 3.34. The zero-order chi connectivity index (χ0) is 18.9. The van der Waals surface area contributed by atoms with Gasteiger partial charge in [0.1, 0.15) is 11.5 Å². The van der Waals surface area contributed by atoms with Gasteiger partial charge in [-0.15, -0.1) is 0 Å². The van der Waals surface area contributed by atoms with E-state index in [2.05, 4.69) is 5.32 Å². The Kier molecular flexibility index (Phi) is 7.02. The highest BCUT2D eigenvalue weighted by Crippen LogP contribution is 2.25. The van der Waals surface area contributed by atoms with Crippen molar-refractivity contribution in [2.75, 3.05) is 19.0 Å². The molecule has 0 aliphatic rings. The average Bonchev–Trinajstić information content (AvgIpc) is 2.65. The van der Waals surface area contributed by atoms with Crippen molar-refractivity contribution < 1.29 is 23.8 Å². The molecule has 0 saturated carbocycles. The maximum Gasteiger partial charge on any atom is 0.347 e. The zero-order valence-electron chi connectivity index (χ0n) is 15.2. The molecule has 0 aliphatic carbocycles. The first-order chi connectivity index (χ1) is 12.5. The molecule has 0 fully saturated rings. The highest BCUT2D eigenvalue weighted by Gasteiger charge is 2.21. The Hall–Kier alpha value is -3.02. The number of ether oxygens (including phenoxy) is 3. The largest absolute Gasteiger partial charge is 0.495 e. The van der Waals surface area contributed by atoms with Gasteiger partial charge >= 0.3 is 5.97 Å². The van der Waals surface area contributed by atoms with E-state index >= 15 is 0 Å². The second-order valence-corrected chi connectivity index (χ2v) is 5.69. The normalized spacial score (nSPS) is 11.3. The fourth-order valence-electron chi connectivity index (χ4n) is 2.30. The number of hydrogen-bond acceptors (Lipinski definition) is 5. The number of carbonyl (C=O) groups is 2. The first-order valence-electron chi connectivity index (χ1n) is 8.36. The summed E-state index contributed by atoms with van der Waals surface area (Å²) in [5.41, 5.74) is 1.50. The second-order valence-electron chi connectivity index (χ2n) is 5.69. The van der Waals surface area contributed by atoms with Crippen LogP contribution in [0.15, 0.2) is 48.5 Å². The molecule has 0 radical (unpaired) electrons. The lowest BCUT2D eigenvalue weighted by atomic mass is 10.2. The summed E-state index contributed by atoms with van der Waals surface area (Å²) in [7, 11) is 1.52. The Labute approximate surface area is 153 Å². The van der Waals surface area contributed by atoms with Gasteiger partial charge in [0.2, 0.25) is 0 Å². The fourth-order valence-corrected chi connectivity index (χ4v) is 2.30. The lowest BCUT2D eigenvalue weighted by Gasteiger charge is -2.16. The molecule has 0 aliphatic heterocycles. The molecule has 6 nitrogen and oxygen atoms in total. The van der Waals surface area contributed by atoms with Crippen LogP contribution in [0.25, 0.3) is 0 Å². The van der Waals surface area contributed by atoms with Crippen LogP contribution >= 0.6 is 0 Å². The molecule has 2 aromatic carbocycles. The van der Waals surface area contributed by atoms with Crippen LogP contribution in [0.4, 0.5) is 5.69 Å². The maximum absolute atomic E-state index is 12.2. The maximum atomic E-state index is 12.2. The highest BCUT2D eigenvalue weighted by atomic mass is 16.6. The number of methoxy groups -OCH3 is 1. The minimum Gasteiger partial charge on any atom is -0.495 e.